The molecule has 2 N–H and O–H groups in total. The Morgan fingerprint density at radius 2 is 1.68 bits per heavy atom. The zero-order chi connectivity index (χ0) is 25.9. The number of nitrogens with zero attached hydrogens (tertiary/aromatic N) is 1. The SMILES string of the molecule is COc1cccc([C@H]2C3=C(C[C@H](c4ccccc4)CC3=O)Nc3ccccc3N2C(=O)CCC(=O)O)c1. The molecule has 3 aromatic carbocycles. The number of methoxy groups -OCH3 is 1. The van der Waals surface area contributed by atoms with E-state index in [1.165, 1.54) is 0 Å². The molecule has 0 fully saturated rings. The molecule has 1 aliphatic heterocycles. The van der Waals surface area contributed by atoms with Gasteiger partial charge >= 0.3 is 5.97 Å². The van der Waals surface area contributed by atoms with Crippen molar-refractivity contribution in [1.29, 1.82) is 0 Å². The normalized spacial score (nSPS) is 18.8. The van der Waals surface area contributed by atoms with Gasteiger partial charge in [0.15, 0.2) is 5.78 Å². The predicted octanol–water partition coefficient (Wildman–Crippen LogP) is 5.46. The highest BCUT2D eigenvalue weighted by Crippen LogP contribution is 2.47. The number of carbonyl (C=O) groups is 3. The molecule has 0 spiro atoms. The van der Waals surface area contributed by atoms with Crippen molar-refractivity contribution in [3.8, 4) is 5.75 Å². The summed E-state index contributed by atoms with van der Waals surface area (Å²) >= 11 is 0. The maximum absolute atomic E-state index is 13.9. The van der Waals surface area contributed by atoms with E-state index in [0.29, 0.717) is 35.5 Å². The second kappa shape index (κ2) is 10.3. The summed E-state index contributed by atoms with van der Waals surface area (Å²) in [7, 11) is 1.57. The van der Waals surface area contributed by atoms with E-state index < -0.39 is 12.0 Å². The Balaban J connectivity index is 1.70. The minimum absolute atomic E-state index is 0.00679. The highest BCUT2D eigenvalue weighted by molar-refractivity contribution is 6.06. The molecule has 188 valence electrons. The summed E-state index contributed by atoms with van der Waals surface area (Å²) in [6.45, 7) is 0. The van der Waals surface area contributed by atoms with Gasteiger partial charge in [0, 0.05) is 24.1 Å². The third kappa shape index (κ3) is 4.85. The third-order valence-corrected chi connectivity index (χ3v) is 6.99. The van der Waals surface area contributed by atoms with Crippen molar-refractivity contribution in [1.82, 2.24) is 0 Å². The van der Waals surface area contributed by atoms with Crippen LogP contribution >= 0.6 is 0 Å². The van der Waals surface area contributed by atoms with Crippen LogP contribution in [0.25, 0.3) is 0 Å². The number of rotatable bonds is 6. The quantitative estimate of drug-likeness (QED) is 0.471. The van der Waals surface area contributed by atoms with Crippen molar-refractivity contribution < 1.29 is 24.2 Å². The van der Waals surface area contributed by atoms with Crippen molar-refractivity contribution in [3.63, 3.8) is 0 Å². The number of hydrogen-bond acceptors (Lipinski definition) is 5. The van der Waals surface area contributed by atoms with Crippen molar-refractivity contribution in [2.24, 2.45) is 0 Å². The first-order valence-corrected chi connectivity index (χ1v) is 12.3. The minimum Gasteiger partial charge on any atom is -0.497 e. The first kappa shape index (κ1) is 24.3. The highest BCUT2D eigenvalue weighted by atomic mass is 16.5. The van der Waals surface area contributed by atoms with Gasteiger partial charge in [0.05, 0.1) is 30.9 Å². The van der Waals surface area contributed by atoms with E-state index in [0.717, 1.165) is 16.8 Å². The lowest BCUT2D eigenvalue weighted by Crippen LogP contribution is -2.38. The van der Waals surface area contributed by atoms with E-state index in [-0.39, 0.29) is 30.4 Å². The third-order valence-electron chi connectivity index (χ3n) is 6.99. The van der Waals surface area contributed by atoms with Crippen LogP contribution in [0, 0.1) is 0 Å². The maximum atomic E-state index is 13.9. The van der Waals surface area contributed by atoms with Crippen molar-refractivity contribution in [2.75, 3.05) is 17.3 Å². The van der Waals surface area contributed by atoms with Crippen molar-refractivity contribution in [2.45, 2.75) is 37.6 Å². The Morgan fingerprint density at radius 3 is 2.43 bits per heavy atom. The molecule has 0 radical (unpaired) electrons. The van der Waals surface area contributed by atoms with E-state index in [9.17, 15) is 19.5 Å². The second-order valence-corrected chi connectivity index (χ2v) is 9.31. The standard InChI is InChI=1S/C30H28N2O5/c1-37-22-11-7-10-20(16-22)30-29-24(17-21(18-26(29)33)19-8-3-2-4-9-19)31-23-12-5-6-13-25(23)32(30)27(34)14-15-28(35)36/h2-13,16,21,30-31H,14-15,17-18H2,1H3,(H,35,36)/t21-,30-/m0/s1. The summed E-state index contributed by atoms with van der Waals surface area (Å²) in [4.78, 5) is 40.5. The number of ketones is 1. The number of hydrogen-bond donors (Lipinski definition) is 2. The van der Waals surface area contributed by atoms with Gasteiger partial charge in [0.2, 0.25) is 5.91 Å². The Hall–Kier alpha value is -4.39. The van der Waals surface area contributed by atoms with Gasteiger partial charge in [-0.1, -0.05) is 54.6 Å². The molecule has 0 bridgehead atoms. The number of ether oxygens (including phenoxy) is 1. The number of aliphatic carboxylic acids is 1. The van der Waals surface area contributed by atoms with Crippen LogP contribution in [-0.4, -0.2) is 29.9 Å². The van der Waals surface area contributed by atoms with E-state index in [2.05, 4.69) is 5.32 Å². The first-order valence-electron chi connectivity index (χ1n) is 12.3. The molecule has 5 rings (SSSR count). The van der Waals surface area contributed by atoms with Gasteiger partial charge in [0.1, 0.15) is 5.75 Å². The summed E-state index contributed by atoms with van der Waals surface area (Å²) in [5.74, 6) is -0.844. The van der Waals surface area contributed by atoms with Crippen LogP contribution in [0.4, 0.5) is 11.4 Å². The van der Waals surface area contributed by atoms with Gasteiger partial charge in [-0.05, 0) is 47.7 Å². The number of fused-ring (bicyclic) bond motifs is 1. The Labute approximate surface area is 215 Å². The van der Waals surface area contributed by atoms with Crippen LogP contribution in [0.15, 0.2) is 90.1 Å². The summed E-state index contributed by atoms with van der Waals surface area (Å²) in [5, 5.41) is 12.8. The van der Waals surface area contributed by atoms with E-state index in [1.807, 2.05) is 78.9 Å². The molecule has 7 nitrogen and oxygen atoms in total. The monoisotopic (exact) mass is 496 g/mol. The lowest BCUT2D eigenvalue weighted by Gasteiger charge is -2.35. The molecule has 7 heteroatoms. The van der Waals surface area contributed by atoms with Crippen LogP contribution in [-0.2, 0) is 14.4 Å². The summed E-state index contributed by atoms with van der Waals surface area (Å²) in [5.41, 5.74) is 4.42. The zero-order valence-corrected chi connectivity index (χ0v) is 20.5. The predicted molar refractivity (Wildman–Crippen MR) is 141 cm³/mol. The van der Waals surface area contributed by atoms with Gasteiger partial charge < -0.3 is 15.2 Å². The van der Waals surface area contributed by atoms with E-state index >= 15 is 0 Å². The molecule has 2 atom stereocenters. The molecule has 0 unspecified atom stereocenters. The average Bonchev–Trinajstić information content (AvgIpc) is 3.07. The number of nitrogens with one attached hydrogen (secondary N) is 1. The number of carboxylic acid groups (broad SMARTS) is 1. The molecule has 0 saturated heterocycles. The van der Waals surface area contributed by atoms with Gasteiger partial charge in [-0.15, -0.1) is 0 Å². The smallest absolute Gasteiger partial charge is 0.303 e. The average molecular weight is 497 g/mol. The van der Waals surface area contributed by atoms with E-state index in [4.69, 9.17) is 4.74 Å². The second-order valence-electron chi connectivity index (χ2n) is 9.31. The molecule has 37 heavy (non-hydrogen) atoms. The summed E-state index contributed by atoms with van der Waals surface area (Å²) in [6.07, 6.45) is 0.439. The number of para-hydroxylation sites is 2. The Morgan fingerprint density at radius 1 is 0.946 bits per heavy atom. The molecule has 1 amide bonds. The maximum Gasteiger partial charge on any atom is 0.303 e. The lowest BCUT2D eigenvalue weighted by atomic mass is 9.78. The molecule has 0 saturated carbocycles. The van der Waals surface area contributed by atoms with Crippen molar-refractivity contribution in [3.05, 3.63) is 101 Å². The Kier molecular flexibility index (Phi) is 6.77. The molecule has 2 aliphatic rings. The summed E-state index contributed by atoms with van der Waals surface area (Å²) in [6, 6.07) is 24.0. The van der Waals surface area contributed by atoms with Crippen LogP contribution in [0.2, 0.25) is 0 Å². The first-order chi connectivity index (χ1) is 18.0. The summed E-state index contributed by atoms with van der Waals surface area (Å²) < 4.78 is 5.46. The number of anilines is 2. The van der Waals surface area contributed by atoms with Crippen LogP contribution < -0.4 is 15.0 Å². The van der Waals surface area contributed by atoms with Gasteiger partial charge in [-0.3, -0.25) is 19.3 Å². The van der Waals surface area contributed by atoms with Crippen molar-refractivity contribution >= 4 is 29.0 Å². The van der Waals surface area contributed by atoms with Crippen LogP contribution in [0.1, 0.15) is 48.8 Å². The number of carboxylic acids is 1. The Bertz CT molecular complexity index is 1380. The fourth-order valence-electron chi connectivity index (χ4n) is 5.29. The molecule has 0 aromatic heterocycles. The molecular weight excluding hydrogens is 468 g/mol. The van der Waals surface area contributed by atoms with Gasteiger partial charge in [-0.2, -0.15) is 0 Å². The fraction of sp³-hybridized carbons (Fsp3) is 0.233. The van der Waals surface area contributed by atoms with Crippen LogP contribution in [0.5, 0.6) is 5.75 Å². The number of allylic oxidation sites excluding steroid dienone is 1. The number of amides is 1. The van der Waals surface area contributed by atoms with Gasteiger partial charge in [0.25, 0.3) is 0 Å². The lowest BCUT2D eigenvalue weighted by molar-refractivity contribution is -0.138. The molecule has 3 aromatic rings. The highest BCUT2D eigenvalue weighted by Gasteiger charge is 2.41. The number of carbonyl (C=O) groups excluding carboxylic acids is 2. The number of Topliss-reactive ketones (excluding diaryl/α,β-unsaturated/α-hetero) is 1. The number of benzene rings is 3. The molecule has 1 aliphatic carbocycles. The van der Waals surface area contributed by atoms with Gasteiger partial charge in [-0.25, -0.2) is 0 Å². The molecular formula is C30H28N2O5. The topological polar surface area (TPSA) is 95.9 Å². The minimum atomic E-state index is -1.05. The molecule has 1 heterocycles. The largest absolute Gasteiger partial charge is 0.497 e. The zero-order valence-electron chi connectivity index (χ0n) is 20.5. The fourth-order valence-corrected chi connectivity index (χ4v) is 5.29. The van der Waals surface area contributed by atoms with Crippen LogP contribution in [0.3, 0.4) is 0 Å². The van der Waals surface area contributed by atoms with E-state index in [1.54, 1.807) is 12.0 Å².